The molecule has 11 heteroatoms. The van der Waals surface area contributed by atoms with Crippen LogP contribution in [-0.2, 0) is 24.1 Å². The van der Waals surface area contributed by atoms with Gasteiger partial charge in [-0.3, -0.25) is 4.79 Å². The molecule has 3 heterocycles. The number of aromatic nitrogens is 4. The highest BCUT2D eigenvalue weighted by Crippen LogP contribution is 2.32. The van der Waals surface area contributed by atoms with Crippen molar-refractivity contribution in [2.45, 2.75) is 33.2 Å². The van der Waals surface area contributed by atoms with E-state index in [0.717, 1.165) is 45.7 Å². The Labute approximate surface area is 228 Å². The van der Waals surface area contributed by atoms with Crippen LogP contribution >= 0.6 is 0 Å². The minimum atomic E-state index is -4.62. The number of benzene rings is 2. The molecule has 0 saturated heterocycles. The van der Waals surface area contributed by atoms with Gasteiger partial charge in [0.1, 0.15) is 5.65 Å². The largest absolute Gasteiger partial charge is 0.416 e. The summed E-state index contributed by atoms with van der Waals surface area (Å²) in [5.74, 6) is -0.652. The van der Waals surface area contributed by atoms with Gasteiger partial charge in [0.25, 0.3) is 5.91 Å². The number of rotatable bonds is 8. The van der Waals surface area contributed by atoms with Crippen LogP contribution in [0.3, 0.4) is 0 Å². The maximum atomic E-state index is 13.6. The van der Waals surface area contributed by atoms with Crippen molar-refractivity contribution >= 4 is 28.3 Å². The van der Waals surface area contributed by atoms with Crippen LogP contribution in [0.15, 0.2) is 67.3 Å². The summed E-state index contributed by atoms with van der Waals surface area (Å²) >= 11 is 0. The second-order valence-corrected chi connectivity index (χ2v) is 9.53. The smallest absolute Gasteiger partial charge is 0.380 e. The Morgan fingerprint density at radius 1 is 1.05 bits per heavy atom. The van der Waals surface area contributed by atoms with Gasteiger partial charge in [-0.05, 0) is 67.4 Å². The average molecular weight is 549 g/mol. The van der Waals surface area contributed by atoms with E-state index in [2.05, 4.69) is 25.6 Å². The van der Waals surface area contributed by atoms with Gasteiger partial charge in [0.05, 0.1) is 36.1 Å². The predicted molar refractivity (Wildman–Crippen MR) is 147 cm³/mol. The Morgan fingerprint density at radius 2 is 1.88 bits per heavy atom. The van der Waals surface area contributed by atoms with Gasteiger partial charge in [-0.2, -0.15) is 13.2 Å². The van der Waals surface area contributed by atoms with E-state index in [1.807, 2.05) is 25.1 Å². The number of aryl methyl sites for hydroxylation is 2. The van der Waals surface area contributed by atoms with Crippen LogP contribution < -0.4 is 10.6 Å². The van der Waals surface area contributed by atoms with E-state index in [1.54, 1.807) is 38.6 Å². The Hall–Kier alpha value is -4.64. The lowest BCUT2D eigenvalue weighted by Gasteiger charge is -2.14. The Bertz CT molecular complexity index is 1690. The van der Waals surface area contributed by atoms with E-state index in [-0.39, 0.29) is 11.3 Å². The summed E-state index contributed by atoms with van der Waals surface area (Å²) in [7, 11) is 1.63. The van der Waals surface area contributed by atoms with Crippen molar-refractivity contribution in [1.29, 1.82) is 0 Å². The third-order valence-electron chi connectivity index (χ3n) is 6.43. The summed E-state index contributed by atoms with van der Waals surface area (Å²) in [6.45, 7) is 4.59. The Balaban J connectivity index is 1.34. The fourth-order valence-corrected chi connectivity index (χ4v) is 4.36. The number of imidazole rings is 1. The lowest BCUT2D eigenvalue weighted by atomic mass is 10.1. The van der Waals surface area contributed by atoms with Crippen molar-refractivity contribution in [3.63, 3.8) is 0 Å². The average Bonchev–Trinajstić information content (AvgIpc) is 3.53. The van der Waals surface area contributed by atoms with E-state index in [4.69, 9.17) is 4.74 Å². The van der Waals surface area contributed by atoms with Gasteiger partial charge >= 0.3 is 6.18 Å². The third-order valence-corrected chi connectivity index (χ3v) is 6.43. The summed E-state index contributed by atoms with van der Waals surface area (Å²) in [5, 5.41) is 7.03. The molecule has 0 spiro atoms. The van der Waals surface area contributed by atoms with Crippen molar-refractivity contribution in [2.24, 2.45) is 0 Å². The number of methoxy groups -OCH3 is 1. The molecule has 5 aromatic rings. The lowest BCUT2D eigenvalue weighted by Crippen LogP contribution is -2.15. The van der Waals surface area contributed by atoms with Gasteiger partial charge in [-0.15, -0.1) is 0 Å². The highest BCUT2D eigenvalue weighted by atomic mass is 19.4. The van der Waals surface area contributed by atoms with Gasteiger partial charge in [0.2, 0.25) is 0 Å². The van der Waals surface area contributed by atoms with Crippen molar-refractivity contribution in [3.8, 4) is 5.69 Å². The third kappa shape index (κ3) is 5.99. The molecule has 0 atom stereocenters. The highest BCUT2D eigenvalue weighted by Gasteiger charge is 2.32. The first-order chi connectivity index (χ1) is 19.1. The van der Waals surface area contributed by atoms with Crippen LogP contribution in [0.1, 0.15) is 38.4 Å². The second kappa shape index (κ2) is 10.9. The molecular weight excluding hydrogens is 521 g/mol. The van der Waals surface area contributed by atoms with Crippen molar-refractivity contribution < 1.29 is 22.7 Å². The van der Waals surface area contributed by atoms with Crippen LogP contribution in [-0.4, -0.2) is 32.5 Å². The second-order valence-electron chi connectivity index (χ2n) is 9.53. The van der Waals surface area contributed by atoms with Gasteiger partial charge in [0, 0.05) is 47.9 Å². The van der Waals surface area contributed by atoms with Gasteiger partial charge in [0.15, 0.2) is 0 Å². The fourth-order valence-electron chi connectivity index (χ4n) is 4.36. The number of nitrogens with one attached hydrogen (secondary N) is 3. The minimum absolute atomic E-state index is 0.116. The van der Waals surface area contributed by atoms with Crippen LogP contribution in [0, 0.1) is 13.8 Å². The van der Waals surface area contributed by atoms with Crippen LogP contribution in [0.25, 0.3) is 16.7 Å². The number of pyridine rings is 1. The first-order valence-corrected chi connectivity index (χ1v) is 12.4. The number of hydrogen-bond acceptors (Lipinski definition) is 5. The zero-order valence-electron chi connectivity index (χ0n) is 22.1. The molecule has 8 nitrogen and oxygen atoms in total. The SMILES string of the molecule is COCc1cc2cc(NCc3cc(NC(=O)c4cc(-n5cnc(C)c5)cc(C(F)(F)F)c4)ccc3C)cnc2[nH]1. The monoisotopic (exact) mass is 548 g/mol. The van der Waals surface area contributed by atoms with E-state index in [1.165, 1.54) is 17.0 Å². The molecule has 0 aliphatic carbocycles. The number of nitrogens with zero attached hydrogens (tertiary/aromatic N) is 3. The standard InChI is InChI=1S/C29H27F3N6O2/c1-17-4-5-23(9-21(17)12-33-24-7-19-8-25(15-40-3)36-27(19)34-13-24)37-28(39)20-6-22(29(30,31)32)11-26(10-20)38-14-18(2)35-16-38/h4-11,13-14,16,33H,12,15H2,1-3H3,(H,34,36)(H,37,39). The first-order valence-electron chi connectivity index (χ1n) is 12.4. The summed E-state index contributed by atoms with van der Waals surface area (Å²) < 4.78 is 47.5. The van der Waals surface area contributed by atoms with Crippen molar-refractivity contribution in [1.82, 2.24) is 19.5 Å². The molecular formula is C29H27F3N6O2. The number of anilines is 2. The summed E-state index contributed by atoms with van der Waals surface area (Å²) in [5.41, 5.74) is 4.66. The molecule has 40 heavy (non-hydrogen) atoms. The summed E-state index contributed by atoms with van der Waals surface area (Å²) in [6.07, 6.45) is 0.113. The van der Waals surface area contributed by atoms with Crippen molar-refractivity contribution in [2.75, 3.05) is 17.7 Å². The number of carbonyl (C=O) groups excluding carboxylic acids is 1. The molecule has 0 aliphatic heterocycles. The topological polar surface area (TPSA) is 96.9 Å². The number of aromatic amines is 1. The zero-order valence-corrected chi connectivity index (χ0v) is 22.1. The molecule has 3 N–H and O–H groups in total. The van der Waals surface area contributed by atoms with Crippen LogP contribution in [0.5, 0.6) is 0 Å². The van der Waals surface area contributed by atoms with Crippen LogP contribution in [0.4, 0.5) is 24.5 Å². The van der Waals surface area contributed by atoms with E-state index >= 15 is 0 Å². The minimum Gasteiger partial charge on any atom is -0.380 e. The Kier molecular flexibility index (Phi) is 7.31. The van der Waals surface area contributed by atoms with Gasteiger partial charge < -0.3 is 24.9 Å². The molecule has 0 unspecified atom stereocenters. The molecule has 0 fully saturated rings. The number of amides is 1. The van der Waals surface area contributed by atoms with Gasteiger partial charge in [-0.1, -0.05) is 6.07 Å². The van der Waals surface area contributed by atoms with E-state index in [0.29, 0.717) is 24.5 Å². The number of H-pyrrole nitrogens is 1. The van der Waals surface area contributed by atoms with Crippen molar-refractivity contribution in [3.05, 3.63) is 101 Å². The van der Waals surface area contributed by atoms with E-state index in [9.17, 15) is 18.0 Å². The summed E-state index contributed by atoms with van der Waals surface area (Å²) in [6, 6.07) is 12.6. The number of ether oxygens (including phenoxy) is 1. The van der Waals surface area contributed by atoms with E-state index < -0.39 is 17.6 Å². The molecule has 206 valence electrons. The molecule has 2 aromatic carbocycles. The molecule has 0 radical (unpaired) electrons. The quantitative estimate of drug-likeness (QED) is 0.209. The highest BCUT2D eigenvalue weighted by molar-refractivity contribution is 6.04. The number of fused-ring (bicyclic) bond motifs is 1. The predicted octanol–water partition coefficient (Wildman–Crippen LogP) is 6.40. The molecule has 5 rings (SSSR count). The maximum Gasteiger partial charge on any atom is 0.416 e. The molecule has 0 aliphatic rings. The first kappa shape index (κ1) is 26.9. The molecule has 1 amide bonds. The molecule has 3 aromatic heterocycles. The number of halogens is 3. The number of carbonyl (C=O) groups is 1. The number of alkyl halides is 3. The summed E-state index contributed by atoms with van der Waals surface area (Å²) in [4.78, 5) is 24.8. The molecule has 0 saturated carbocycles. The maximum absolute atomic E-state index is 13.6. The Morgan fingerprint density at radius 3 is 2.60 bits per heavy atom. The number of hydrogen-bond donors (Lipinski definition) is 3. The molecule has 0 bridgehead atoms. The zero-order chi connectivity index (χ0) is 28.4. The fraction of sp³-hybridized carbons (Fsp3) is 0.207. The lowest BCUT2D eigenvalue weighted by molar-refractivity contribution is -0.137. The van der Waals surface area contributed by atoms with Crippen LogP contribution in [0.2, 0.25) is 0 Å². The van der Waals surface area contributed by atoms with Gasteiger partial charge in [-0.25, -0.2) is 9.97 Å². The normalized spacial score (nSPS) is 11.7.